The number of amides is 1. The van der Waals surface area contributed by atoms with Gasteiger partial charge in [0.2, 0.25) is 0 Å². The van der Waals surface area contributed by atoms with E-state index in [2.05, 4.69) is 5.32 Å². The summed E-state index contributed by atoms with van der Waals surface area (Å²) in [4.78, 5) is 15.1. The zero-order chi connectivity index (χ0) is 19.3. The zero-order valence-electron chi connectivity index (χ0n) is 15.7. The average molecular weight is 370 g/mol. The maximum Gasteiger partial charge on any atom is 0.275 e. The fraction of sp³-hybridized carbons (Fsp3) is 0.125. The van der Waals surface area contributed by atoms with Crippen molar-refractivity contribution in [1.29, 1.82) is 0 Å². The van der Waals surface area contributed by atoms with Crippen molar-refractivity contribution >= 4 is 17.3 Å². The largest absolute Gasteiger partial charge is 0.494 e. The predicted molar refractivity (Wildman–Crippen MR) is 112 cm³/mol. The van der Waals surface area contributed by atoms with Crippen LogP contribution in [0.15, 0.2) is 96.7 Å². The van der Waals surface area contributed by atoms with E-state index in [0.29, 0.717) is 12.3 Å². The van der Waals surface area contributed by atoms with Crippen LogP contribution < -0.4 is 15.0 Å². The number of para-hydroxylation sites is 2. The number of anilines is 2. The molecule has 1 N–H and O–H groups in total. The molecule has 0 aliphatic carbocycles. The summed E-state index contributed by atoms with van der Waals surface area (Å²) in [5.74, 6) is 0.780. The summed E-state index contributed by atoms with van der Waals surface area (Å²) in [7, 11) is 0. The van der Waals surface area contributed by atoms with E-state index in [4.69, 9.17) is 4.74 Å². The Labute approximate surface area is 165 Å². The lowest BCUT2D eigenvalue weighted by Crippen LogP contribution is -2.30. The summed E-state index contributed by atoms with van der Waals surface area (Å²) in [6.45, 7) is 2.59. The minimum absolute atomic E-state index is 0.0473. The number of carbonyl (C=O) groups is 1. The molecule has 4 rings (SSSR count). The molecule has 1 atom stereocenters. The Balaban J connectivity index is 1.69. The highest BCUT2D eigenvalue weighted by atomic mass is 16.5. The molecule has 0 radical (unpaired) electrons. The van der Waals surface area contributed by atoms with E-state index in [0.717, 1.165) is 22.7 Å². The Morgan fingerprint density at radius 3 is 2.18 bits per heavy atom. The molecular formula is C24H22N2O2. The molecule has 140 valence electrons. The molecule has 0 aromatic heterocycles. The Bertz CT molecular complexity index is 967. The lowest BCUT2D eigenvalue weighted by molar-refractivity contribution is -0.114. The fourth-order valence-corrected chi connectivity index (χ4v) is 3.37. The quantitative estimate of drug-likeness (QED) is 0.651. The van der Waals surface area contributed by atoms with Crippen LogP contribution in [0.2, 0.25) is 0 Å². The van der Waals surface area contributed by atoms with Crippen LogP contribution in [0, 0.1) is 0 Å². The van der Waals surface area contributed by atoms with Crippen molar-refractivity contribution in [3.05, 3.63) is 102 Å². The standard InChI is InChI=1S/C24H22N2O2/c1-2-28-21-15-13-18(14-16-21)23-17-22(25-19-9-5-3-6-10-19)24(27)26(23)20-11-7-4-8-12-20/h3-17,23,25H,2H2,1H3. The van der Waals surface area contributed by atoms with Crippen molar-refractivity contribution in [3.8, 4) is 5.75 Å². The van der Waals surface area contributed by atoms with Crippen molar-refractivity contribution < 1.29 is 9.53 Å². The number of carbonyl (C=O) groups excluding carboxylic acids is 1. The van der Waals surface area contributed by atoms with E-state index < -0.39 is 0 Å². The highest BCUT2D eigenvalue weighted by Crippen LogP contribution is 2.36. The molecule has 0 saturated carbocycles. The number of benzene rings is 3. The molecule has 1 aliphatic rings. The molecule has 4 heteroatoms. The Morgan fingerprint density at radius 1 is 0.893 bits per heavy atom. The van der Waals surface area contributed by atoms with Gasteiger partial charge in [0, 0.05) is 11.4 Å². The van der Waals surface area contributed by atoms with E-state index in [1.165, 1.54) is 0 Å². The first kappa shape index (κ1) is 17.9. The maximum absolute atomic E-state index is 13.2. The molecular weight excluding hydrogens is 348 g/mol. The molecule has 1 unspecified atom stereocenters. The molecule has 3 aromatic carbocycles. The van der Waals surface area contributed by atoms with Crippen LogP contribution in [0.4, 0.5) is 11.4 Å². The highest BCUT2D eigenvalue weighted by Gasteiger charge is 2.34. The van der Waals surface area contributed by atoms with E-state index in [1.54, 1.807) is 0 Å². The van der Waals surface area contributed by atoms with Gasteiger partial charge in [-0.2, -0.15) is 0 Å². The van der Waals surface area contributed by atoms with Gasteiger partial charge in [-0.25, -0.2) is 0 Å². The highest BCUT2D eigenvalue weighted by molar-refractivity contribution is 6.11. The Morgan fingerprint density at radius 2 is 1.54 bits per heavy atom. The second kappa shape index (κ2) is 8.01. The summed E-state index contributed by atoms with van der Waals surface area (Å²) in [6, 6.07) is 27.2. The van der Waals surface area contributed by atoms with E-state index in [-0.39, 0.29) is 11.9 Å². The van der Waals surface area contributed by atoms with Gasteiger partial charge in [0.05, 0.1) is 12.6 Å². The molecule has 3 aromatic rings. The van der Waals surface area contributed by atoms with E-state index >= 15 is 0 Å². The normalized spacial score (nSPS) is 16.0. The van der Waals surface area contributed by atoms with E-state index in [1.807, 2.05) is 103 Å². The number of hydrogen-bond acceptors (Lipinski definition) is 3. The smallest absolute Gasteiger partial charge is 0.275 e. The molecule has 0 bridgehead atoms. The van der Waals surface area contributed by atoms with Gasteiger partial charge in [-0.15, -0.1) is 0 Å². The summed E-state index contributed by atoms with van der Waals surface area (Å²) in [6.07, 6.45) is 1.98. The fourth-order valence-electron chi connectivity index (χ4n) is 3.37. The van der Waals surface area contributed by atoms with Gasteiger partial charge in [0.15, 0.2) is 0 Å². The third-order valence-corrected chi connectivity index (χ3v) is 4.67. The number of nitrogens with zero attached hydrogens (tertiary/aromatic N) is 1. The maximum atomic E-state index is 13.2. The van der Waals surface area contributed by atoms with Crippen molar-refractivity contribution in [3.63, 3.8) is 0 Å². The lowest BCUT2D eigenvalue weighted by atomic mass is 10.1. The average Bonchev–Trinajstić information content (AvgIpc) is 3.06. The second-order valence-electron chi connectivity index (χ2n) is 6.53. The lowest BCUT2D eigenvalue weighted by Gasteiger charge is -2.25. The number of hydrogen-bond donors (Lipinski definition) is 1. The van der Waals surface area contributed by atoms with Crippen LogP contribution in [0.3, 0.4) is 0 Å². The van der Waals surface area contributed by atoms with Gasteiger partial charge < -0.3 is 10.1 Å². The van der Waals surface area contributed by atoms with Crippen LogP contribution in [0.1, 0.15) is 18.5 Å². The van der Waals surface area contributed by atoms with Crippen molar-refractivity contribution in [2.45, 2.75) is 13.0 Å². The van der Waals surface area contributed by atoms with Crippen molar-refractivity contribution in [2.24, 2.45) is 0 Å². The minimum atomic E-state index is -0.184. The first-order valence-electron chi connectivity index (χ1n) is 9.41. The SMILES string of the molecule is CCOc1ccc(C2C=C(Nc3ccccc3)C(=O)N2c2ccccc2)cc1. The van der Waals surface area contributed by atoms with Gasteiger partial charge in [0.25, 0.3) is 5.91 Å². The molecule has 1 amide bonds. The second-order valence-corrected chi connectivity index (χ2v) is 6.53. The van der Waals surface area contributed by atoms with Gasteiger partial charge in [-0.3, -0.25) is 9.69 Å². The number of rotatable bonds is 6. The molecule has 4 nitrogen and oxygen atoms in total. The molecule has 1 heterocycles. The van der Waals surface area contributed by atoms with Crippen LogP contribution in [-0.4, -0.2) is 12.5 Å². The summed E-state index contributed by atoms with van der Waals surface area (Å²) >= 11 is 0. The van der Waals surface area contributed by atoms with Crippen LogP contribution in [0.5, 0.6) is 5.75 Å². The Kier molecular flexibility index (Phi) is 5.11. The summed E-state index contributed by atoms with van der Waals surface area (Å²) in [5, 5.41) is 3.27. The molecule has 0 saturated heterocycles. The van der Waals surface area contributed by atoms with Crippen molar-refractivity contribution in [2.75, 3.05) is 16.8 Å². The van der Waals surface area contributed by atoms with Crippen LogP contribution in [-0.2, 0) is 4.79 Å². The molecule has 0 spiro atoms. The van der Waals surface area contributed by atoms with Crippen LogP contribution >= 0.6 is 0 Å². The summed E-state index contributed by atoms with van der Waals surface area (Å²) < 4.78 is 5.55. The zero-order valence-corrected chi connectivity index (χ0v) is 15.7. The van der Waals surface area contributed by atoms with Gasteiger partial charge in [-0.05, 0) is 55.0 Å². The third-order valence-electron chi connectivity index (χ3n) is 4.67. The predicted octanol–water partition coefficient (Wildman–Crippen LogP) is 5.17. The Hall–Kier alpha value is -3.53. The third kappa shape index (κ3) is 3.62. The van der Waals surface area contributed by atoms with Crippen LogP contribution in [0.25, 0.3) is 0 Å². The van der Waals surface area contributed by atoms with Gasteiger partial charge in [0.1, 0.15) is 11.4 Å². The topological polar surface area (TPSA) is 41.6 Å². The summed E-state index contributed by atoms with van der Waals surface area (Å²) in [5.41, 5.74) is 3.37. The molecule has 1 aliphatic heterocycles. The van der Waals surface area contributed by atoms with Gasteiger partial charge >= 0.3 is 0 Å². The number of nitrogens with one attached hydrogen (secondary N) is 1. The van der Waals surface area contributed by atoms with E-state index in [9.17, 15) is 4.79 Å². The first-order chi connectivity index (χ1) is 13.8. The minimum Gasteiger partial charge on any atom is -0.494 e. The molecule has 0 fully saturated rings. The molecule has 28 heavy (non-hydrogen) atoms. The van der Waals surface area contributed by atoms with Gasteiger partial charge in [-0.1, -0.05) is 48.5 Å². The number of ether oxygens (including phenoxy) is 1. The first-order valence-corrected chi connectivity index (χ1v) is 9.41. The monoisotopic (exact) mass is 370 g/mol. The van der Waals surface area contributed by atoms with Crippen molar-refractivity contribution in [1.82, 2.24) is 0 Å².